The van der Waals surface area contributed by atoms with Gasteiger partial charge >= 0.3 is 0 Å². The van der Waals surface area contributed by atoms with Crippen LogP contribution in [-0.4, -0.2) is 0 Å². The number of fused-ring (bicyclic) bond motifs is 5. The lowest BCUT2D eigenvalue weighted by Gasteiger charge is -2.20. The second-order valence-electron chi connectivity index (χ2n) is 11.6. The molecule has 232 valence electrons. The van der Waals surface area contributed by atoms with Gasteiger partial charge in [-0.3, -0.25) is 0 Å². The summed E-state index contributed by atoms with van der Waals surface area (Å²) in [6, 6.07) is 3.41. The Labute approximate surface area is 321 Å². The van der Waals surface area contributed by atoms with E-state index >= 15 is 0 Å². The van der Waals surface area contributed by atoms with Crippen LogP contribution < -0.4 is 0 Å². The summed E-state index contributed by atoms with van der Waals surface area (Å²) in [5.74, 6) is 0. The molecule has 0 amide bonds. The van der Waals surface area contributed by atoms with Crippen molar-refractivity contribution in [1.82, 2.24) is 0 Å². The molecule has 0 N–H and O–H groups in total. The second kappa shape index (κ2) is 11.6. The molecule has 0 spiro atoms. The first-order valence-electron chi connectivity index (χ1n) is 26.1. The molecule has 0 saturated carbocycles. The summed E-state index contributed by atoms with van der Waals surface area (Å²) in [7, 11) is 0. The van der Waals surface area contributed by atoms with Gasteiger partial charge in [-0.1, -0.05) is 169 Å². The van der Waals surface area contributed by atoms with Crippen LogP contribution >= 0.6 is 0 Å². The maximum absolute atomic E-state index is 10.3. The van der Waals surface area contributed by atoms with E-state index in [2.05, 4.69) is 0 Å². The molecule has 0 unspecified atom stereocenters. The first-order valence-corrected chi connectivity index (χ1v) is 15.6. The third-order valence-electron chi connectivity index (χ3n) is 8.80. The Morgan fingerprint density at radius 1 is 0.300 bits per heavy atom. The van der Waals surface area contributed by atoms with Crippen molar-refractivity contribution in [3.63, 3.8) is 0 Å². The summed E-state index contributed by atoms with van der Waals surface area (Å²) in [5.41, 5.74) is -1.08. The van der Waals surface area contributed by atoms with E-state index in [0.29, 0.717) is 5.56 Å². The van der Waals surface area contributed by atoms with Crippen molar-refractivity contribution in [2.24, 2.45) is 0 Å². The maximum atomic E-state index is 10.3. The van der Waals surface area contributed by atoms with Crippen LogP contribution in [0.4, 0.5) is 0 Å². The van der Waals surface area contributed by atoms with Crippen LogP contribution in [0.1, 0.15) is 28.8 Å². The lowest BCUT2D eigenvalue weighted by molar-refractivity contribution is 1.62. The summed E-state index contributed by atoms with van der Waals surface area (Å²) in [4.78, 5) is 0. The van der Waals surface area contributed by atoms with E-state index in [0.717, 1.165) is 16.3 Å². The Hall–Kier alpha value is -6.50. The molecule has 0 radical (unpaired) electrons. The van der Waals surface area contributed by atoms with Crippen molar-refractivity contribution in [2.45, 2.75) is 0 Å². The van der Waals surface area contributed by atoms with Crippen LogP contribution in [0.5, 0.6) is 0 Å². The van der Waals surface area contributed by atoms with E-state index in [-0.39, 0.29) is 21.9 Å². The zero-order valence-electron chi connectivity index (χ0n) is 46.9. The Balaban J connectivity index is 1.51. The van der Waals surface area contributed by atoms with Crippen LogP contribution in [0.15, 0.2) is 194 Å². The van der Waals surface area contributed by atoms with Gasteiger partial charge in [-0.2, -0.15) is 0 Å². The van der Waals surface area contributed by atoms with Crippen LogP contribution in [-0.2, 0) is 0 Å². The summed E-state index contributed by atoms with van der Waals surface area (Å²) in [6.45, 7) is 0. The minimum Gasteiger partial charge on any atom is -0.0616 e. The Kier molecular flexibility index (Phi) is 3.37. The van der Waals surface area contributed by atoms with Gasteiger partial charge in [0.2, 0.25) is 0 Å². The lowest BCUT2D eigenvalue weighted by atomic mass is 9.83. The molecule has 0 nitrogen and oxygen atoms in total. The Morgan fingerprint density at radius 3 is 1.80 bits per heavy atom. The fourth-order valence-corrected chi connectivity index (χ4v) is 6.51. The largest absolute Gasteiger partial charge is 0.0636 e. The normalized spacial score (nSPS) is 17.5. The molecular formula is C50H32. The Morgan fingerprint density at radius 2 is 0.940 bits per heavy atom. The number of rotatable bonds is 4. The van der Waals surface area contributed by atoms with Crippen molar-refractivity contribution in [3.05, 3.63) is 194 Å². The molecule has 0 saturated heterocycles. The van der Waals surface area contributed by atoms with Gasteiger partial charge in [0.05, 0.1) is 28.8 Å². The molecule has 0 atom stereocenters. The zero-order chi connectivity index (χ0) is 51.3. The first kappa shape index (κ1) is 14.5. The highest BCUT2D eigenvalue weighted by Crippen LogP contribution is 2.46. The van der Waals surface area contributed by atoms with Gasteiger partial charge in [0.15, 0.2) is 0 Å². The van der Waals surface area contributed by atoms with E-state index in [9.17, 15) is 12.3 Å². The highest BCUT2D eigenvalue weighted by molar-refractivity contribution is 6.22. The summed E-state index contributed by atoms with van der Waals surface area (Å²) in [6.07, 6.45) is 0. The monoisotopic (exact) mass is 653 g/mol. The van der Waals surface area contributed by atoms with E-state index in [4.69, 9.17) is 16.4 Å². The van der Waals surface area contributed by atoms with Crippen molar-refractivity contribution < 1.29 is 28.8 Å². The zero-order valence-corrected chi connectivity index (χ0v) is 25.9. The molecule has 0 fully saturated rings. The molecule has 10 rings (SSSR count). The predicted molar refractivity (Wildman–Crippen MR) is 216 cm³/mol. The van der Waals surface area contributed by atoms with Crippen molar-refractivity contribution >= 4 is 53.9 Å². The van der Waals surface area contributed by atoms with Gasteiger partial charge < -0.3 is 0 Å². The standard InChI is InChI=1S/C50H32/c1-3-14-36-29-39(25-23-33(36)11-1)38-17-9-18-41(31-38)49-45-20-7-8-21-46(45)50(42-26-24-34-12-2-4-15-37(34)30-42)48-32-40(27-28-47(48)49)44-22-10-16-35-13-5-6-19-43(35)44/h1-32H/i2D,4D,5D,6D,7D,8D,10D,12D,13D,15D,16D,19D,20D,21D,22D,24D,26D,27D,28D,30D,32D. The van der Waals surface area contributed by atoms with Gasteiger partial charge in [-0.25, -0.2) is 0 Å². The average molecular weight is 654 g/mol. The van der Waals surface area contributed by atoms with Crippen LogP contribution in [0, 0.1) is 0 Å². The third-order valence-corrected chi connectivity index (χ3v) is 8.80. The SMILES string of the molecule is [2H]c1c([2H])c([2H])c2c([2H])c(-c3c4c([2H])c([2H])c([2H])c([2H])c4c(-c4cccc(-c5ccc6ccccc6c5)c4)c4c([2H])c([2H])c(-c5c([2H])c([2H])c([2H])c6c([2H])c([2H])c([2H])c([2H])c56)c([2H])c34)c([2H])c([2H])c2c1[2H]. The molecule has 10 aromatic carbocycles. The average Bonchev–Trinajstić information content (AvgIpc) is 3.36. The molecule has 10 aromatic rings. The summed E-state index contributed by atoms with van der Waals surface area (Å²) in [5, 5.41) is -1.87. The smallest absolute Gasteiger partial charge is 0.0616 e. The van der Waals surface area contributed by atoms with Gasteiger partial charge in [0, 0.05) is 0 Å². The van der Waals surface area contributed by atoms with E-state index in [1.165, 1.54) is 0 Å². The van der Waals surface area contributed by atoms with Gasteiger partial charge in [0.25, 0.3) is 0 Å². The molecule has 0 aliphatic heterocycles. The molecule has 0 aliphatic carbocycles. The van der Waals surface area contributed by atoms with Gasteiger partial charge in [0.1, 0.15) is 0 Å². The molecule has 0 aromatic heterocycles. The lowest BCUT2D eigenvalue weighted by Crippen LogP contribution is -1.92. The quantitative estimate of drug-likeness (QED) is 0.166. The molecule has 0 heteroatoms. The number of hydrogen-bond donors (Lipinski definition) is 0. The predicted octanol–water partition coefficient (Wildman–Crippen LogP) is 14.1. The fourth-order valence-electron chi connectivity index (χ4n) is 6.51. The van der Waals surface area contributed by atoms with Crippen LogP contribution in [0.25, 0.3) is 98.4 Å². The highest BCUT2D eigenvalue weighted by Gasteiger charge is 2.19. The summed E-state index contributed by atoms with van der Waals surface area (Å²) >= 11 is 0. The van der Waals surface area contributed by atoms with Gasteiger partial charge in [-0.15, -0.1) is 0 Å². The summed E-state index contributed by atoms with van der Waals surface area (Å²) < 4.78 is 192. The van der Waals surface area contributed by atoms with Crippen molar-refractivity contribution in [3.8, 4) is 44.5 Å². The number of benzene rings is 10. The van der Waals surface area contributed by atoms with Crippen LogP contribution in [0.2, 0.25) is 0 Å². The van der Waals surface area contributed by atoms with Crippen molar-refractivity contribution in [1.29, 1.82) is 0 Å². The number of hydrogen-bond acceptors (Lipinski definition) is 0. The fraction of sp³-hybridized carbons (Fsp3) is 0. The highest BCUT2D eigenvalue weighted by atomic mass is 14.2. The molecular weight excluding hydrogens is 601 g/mol. The second-order valence-corrected chi connectivity index (χ2v) is 11.6. The van der Waals surface area contributed by atoms with E-state index in [1.54, 1.807) is 24.3 Å². The molecule has 0 bridgehead atoms. The minimum atomic E-state index is -0.872. The third kappa shape index (κ3) is 4.69. The Bertz CT molecular complexity index is 4120. The van der Waals surface area contributed by atoms with E-state index in [1.807, 2.05) is 42.5 Å². The molecule has 50 heavy (non-hydrogen) atoms. The van der Waals surface area contributed by atoms with Gasteiger partial charge in [-0.05, 0) is 123 Å². The topological polar surface area (TPSA) is 0 Å². The minimum absolute atomic E-state index is 0.112. The first-order chi connectivity index (χ1) is 33.5. The molecule has 0 heterocycles. The van der Waals surface area contributed by atoms with Crippen LogP contribution in [0.3, 0.4) is 0 Å². The van der Waals surface area contributed by atoms with E-state index < -0.39 is 181 Å². The van der Waals surface area contributed by atoms with Crippen molar-refractivity contribution in [2.75, 3.05) is 0 Å². The molecule has 0 aliphatic rings. The maximum Gasteiger partial charge on any atom is 0.0636 e.